The predicted molar refractivity (Wildman–Crippen MR) is 157 cm³/mol. The van der Waals surface area contributed by atoms with Gasteiger partial charge in [0, 0.05) is 11.5 Å². The van der Waals surface area contributed by atoms with Gasteiger partial charge >= 0.3 is 5.97 Å². The average molecular weight is 539 g/mol. The molecule has 216 valence electrons. The Labute approximate surface area is 236 Å². The highest BCUT2D eigenvalue weighted by Crippen LogP contribution is 2.29. The summed E-state index contributed by atoms with van der Waals surface area (Å²) in [5.74, 6) is 2.17. The van der Waals surface area contributed by atoms with Gasteiger partial charge < -0.3 is 18.9 Å². The molecule has 0 N–H and O–H groups in total. The van der Waals surface area contributed by atoms with Crippen LogP contribution >= 0.6 is 0 Å². The molecular weight excluding hydrogens is 488 g/mol. The highest BCUT2D eigenvalue weighted by atomic mass is 16.7. The molecule has 1 saturated heterocycles. The zero-order chi connectivity index (χ0) is 27.7. The van der Waals surface area contributed by atoms with E-state index in [1.165, 1.54) is 70.6 Å². The van der Waals surface area contributed by atoms with E-state index in [-0.39, 0.29) is 12.3 Å². The number of carbonyl (C=O) groups excluding carboxylic acids is 1. The van der Waals surface area contributed by atoms with Crippen LogP contribution in [0.2, 0.25) is 0 Å². The van der Waals surface area contributed by atoms with Crippen LogP contribution in [0.4, 0.5) is 0 Å². The van der Waals surface area contributed by atoms with Gasteiger partial charge in [0.25, 0.3) is 0 Å². The number of hydrogen-bond acceptors (Lipinski definition) is 5. The summed E-state index contributed by atoms with van der Waals surface area (Å²) in [6.07, 6.45) is 14.7. The molecule has 3 rings (SSSR count). The van der Waals surface area contributed by atoms with E-state index in [9.17, 15) is 4.79 Å². The Bertz CT molecular complexity index is 916. The summed E-state index contributed by atoms with van der Waals surface area (Å²) < 4.78 is 23.4. The van der Waals surface area contributed by atoms with Crippen LogP contribution < -0.4 is 9.47 Å². The molecule has 0 aliphatic carbocycles. The fourth-order valence-corrected chi connectivity index (χ4v) is 4.83. The zero-order valence-electron chi connectivity index (χ0n) is 24.5. The molecule has 0 radical (unpaired) electrons. The maximum absolute atomic E-state index is 12.6. The molecule has 0 bridgehead atoms. The molecule has 2 aromatic carbocycles. The summed E-state index contributed by atoms with van der Waals surface area (Å²) >= 11 is 0. The molecule has 1 aliphatic heterocycles. The second-order valence-electron chi connectivity index (χ2n) is 11.1. The smallest absolute Gasteiger partial charge is 0.343 e. The molecule has 0 spiro atoms. The molecule has 0 unspecified atom stereocenters. The van der Waals surface area contributed by atoms with E-state index in [4.69, 9.17) is 18.9 Å². The van der Waals surface area contributed by atoms with E-state index in [0.717, 1.165) is 36.9 Å². The summed E-state index contributed by atoms with van der Waals surface area (Å²) in [6.45, 7) is 8.97. The summed E-state index contributed by atoms with van der Waals surface area (Å²) in [6, 6.07) is 14.6. The number of unbranched alkanes of at least 4 members (excludes halogenated alkanes) is 7. The second-order valence-corrected chi connectivity index (χ2v) is 11.1. The molecule has 0 aromatic heterocycles. The lowest BCUT2D eigenvalue weighted by molar-refractivity contribution is -0.206. The molecule has 2 aromatic rings. The number of benzene rings is 2. The van der Waals surface area contributed by atoms with Gasteiger partial charge in [-0.15, -0.1) is 0 Å². The van der Waals surface area contributed by atoms with Crippen molar-refractivity contribution in [1.29, 1.82) is 0 Å². The van der Waals surface area contributed by atoms with Gasteiger partial charge in [-0.1, -0.05) is 97.1 Å². The minimum Gasteiger partial charge on any atom is -0.494 e. The van der Waals surface area contributed by atoms with Crippen molar-refractivity contribution in [2.24, 2.45) is 11.8 Å². The Morgan fingerprint density at radius 3 is 2.15 bits per heavy atom. The van der Waals surface area contributed by atoms with Crippen LogP contribution in [0.5, 0.6) is 11.5 Å². The molecule has 5 heteroatoms. The van der Waals surface area contributed by atoms with Crippen LogP contribution in [0.15, 0.2) is 48.5 Å². The number of rotatable bonds is 18. The van der Waals surface area contributed by atoms with Crippen molar-refractivity contribution in [3.05, 3.63) is 59.7 Å². The molecule has 5 nitrogen and oxygen atoms in total. The molecule has 1 heterocycles. The Morgan fingerprint density at radius 2 is 1.46 bits per heavy atom. The summed E-state index contributed by atoms with van der Waals surface area (Å²) in [5, 5.41) is 0. The fourth-order valence-electron chi connectivity index (χ4n) is 4.83. The van der Waals surface area contributed by atoms with E-state index < -0.39 is 0 Å². The Morgan fingerprint density at radius 1 is 0.821 bits per heavy atom. The van der Waals surface area contributed by atoms with E-state index in [0.29, 0.717) is 23.8 Å². The third-order valence-corrected chi connectivity index (χ3v) is 7.69. The molecule has 1 fully saturated rings. The largest absolute Gasteiger partial charge is 0.494 e. The van der Waals surface area contributed by atoms with Gasteiger partial charge in [0.2, 0.25) is 0 Å². The number of ether oxygens (including phenoxy) is 4. The van der Waals surface area contributed by atoms with Crippen molar-refractivity contribution in [2.45, 2.75) is 104 Å². The average Bonchev–Trinajstić information content (AvgIpc) is 2.97. The van der Waals surface area contributed by atoms with Gasteiger partial charge in [0.15, 0.2) is 6.29 Å². The van der Waals surface area contributed by atoms with Crippen LogP contribution in [0, 0.1) is 11.8 Å². The molecule has 1 atom stereocenters. The number of hydrogen-bond donors (Lipinski definition) is 0. The summed E-state index contributed by atoms with van der Waals surface area (Å²) in [4.78, 5) is 12.6. The lowest BCUT2D eigenvalue weighted by atomic mass is 10.0. The Balaban J connectivity index is 1.33. The fraction of sp³-hybridized carbons (Fsp3) is 0.618. The third kappa shape index (κ3) is 11.7. The quantitative estimate of drug-likeness (QED) is 0.107. The first-order valence-electron chi connectivity index (χ1n) is 15.4. The van der Waals surface area contributed by atoms with Crippen molar-refractivity contribution in [1.82, 2.24) is 0 Å². The van der Waals surface area contributed by atoms with Gasteiger partial charge in [-0.05, 0) is 55.2 Å². The van der Waals surface area contributed by atoms with Crippen LogP contribution in [-0.4, -0.2) is 25.8 Å². The highest BCUT2D eigenvalue weighted by Gasteiger charge is 2.23. The maximum Gasteiger partial charge on any atom is 0.343 e. The number of carbonyl (C=O) groups is 1. The monoisotopic (exact) mass is 538 g/mol. The van der Waals surface area contributed by atoms with Gasteiger partial charge in [0.05, 0.1) is 25.4 Å². The first-order valence-corrected chi connectivity index (χ1v) is 15.4. The topological polar surface area (TPSA) is 54.0 Å². The van der Waals surface area contributed by atoms with Gasteiger partial charge in [-0.3, -0.25) is 0 Å². The first kappa shape index (κ1) is 31.2. The minimum atomic E-state index is -0.387. The van der Waals surface area contributed by atoms with E-state index in [1.807, 2.05) is 24.3 Å². The lowest BCUT2D eigenvalue weighted by Crippen LogP contribution is -2.27. The number of esters is 1. The van der Waals surface area contributed by atoms with Crippen molar-refractivity contribution >= 4 is 5.97 Å². The predicted octanol–water partition coefficient (Wildman–Crippen LogP) is 9.30. The Kier molecular flexibility index (Phi) is 14.4. The van der Waals surface area contributed by atoms with Crippen molar-refractivity contribution in [3.8, 4) is 11.5 Å². The SMILES string of the molecule is CCCCCCCCC1COC(c2ccc(OC(=O)c3ccc(OCCCCC[C@@H](C)CC)cc3)cc2)OC1. The molecule has 39 heavy (non-hydrogen) atoms. The van der Waals surface area contributed by atoms with Crippen molar-refractivity contribution in [2.75, 3.05) is 19.8 Å². The van der Waals surface area contributed by atoms with Crippen molar-refractivity contribution < 1.29 is 23.7 Å². The highest BCUT2D eigenvalue weighted by molar-refractivity contribution is 5.91. The van der Waals surface area contributed by atoms with E-state index >= 15 is 0 Å². The van der Waals surface area contributed by atoms with Crippen LogP contribution in [0.3, 0.4) is 0 Å². The minimum absolute atomic E-state index is 0.358. The molecule has 0 amide bonds. The Hall–Kier alpha value is -2.37. The van der Waals surface area contributed by atoms with E-state index in [2.05, 4.69) is 20.8 Å². The zero-order valence-corrected chi connectivity index (χ0v) is 24.5. The van der Waals surface area contributed by atoms with Gasteiger partial charge in [0.1, 0.15) is 11.5 Å². The van der Waals surface area contributed by atoms with Crippen LogP contribution in [0.25, 0.3) is 0 Å². The van der Waals surface area contributed by atoms with Crippen LogP contribution in [0.1, 0.15) is 120 Å². The third-order valence-electron chi connectivity index (χ3n) is 7.69. The molecule has 0 saturated carbocycles. The standard InChI is InChI=1S/C34H50O5/c1-4-6-7-8-9-12-15-28-25-37-34(38-26-28)30-18-22-32(23-19-30)39-33(35)29-16-20-31(21-17-29)36-24-13-10-11-14-27(3)5-2/h16-23,27-28,34H,4-15,24-26H2,1-3H3/t27-,28?,34?/m0/s1. The molecular formula is C34H50O5. The summed E-state index contributed by atoms with van der Waals surface area (Å²) in [7, 11) is 0. The van der Waals surface area contributed by atoms with E-state index in [1.54, 1.807) is 24.3 Å². The first-order chi connectivity index (χ1) is 19.1. The van der Waals surface area contributed by atoms with Gasteiger partial charge in [-0.25, -0.2) is 4.79 Å². The normalized spacial score (nSPS) is 18.0. The van der Waals surface area contributed by atoms with Gasteiger partial charge in [-0.2, -0.15) is 0 Å². The second kappa shape index (κ2) is 18.1. The maximum atomic E-state index is 12.6. The lowest BCUT2D eigenvalue weighted by Gasteiger charge is -2.29. The van der Waals surface area contributed by atoms with Crippen LogP contribution in [-0.2, 0) is 9.47 Å². The molecule has 1 aliphatic rings. The summed E-state index contributed by atoms with van der Waals surface area (Å²) in [5.41, 5.74) is 1.43. The van der Waals surface area contributed by atoms with Crippen molar-refractivity contribution in [3.63, 3.8) is 0 Å².